The van der Waals surface area contributed by atoms with E-state index in [0.29, 0.717) is 0 Å². The van der Waals surface area contributed by atoms with E-state index in [1.54, 1.807) is 0 Å². The molecule has 1 aliphatic carbocycles. The van der Waals surface area contributed by atoms with Crippen LogP contribution in [0.4, 0.5) is 8.78 Å². The van der Waals surface area contributed by atoms with Gasteiger partial charge in [-0.1, -0.05) is 22.0 Å². The number of aliphatic hydroxyl groups excluding tert-OH is 1. The van der Waals surface area contributed by atoms with Crippen molar-refractivity contribution in [3.05, 3.63) is 33.8 Å². The fraction of sp³-hybridized carbons (Fsp3) is 0.500. The lowest BCUT2D eigenvalue weighted by atomic mass is 10.1. The standard InChI is InChI=1S/C12H14BrF2NO/c13-8-2-3-9-7(5-8)1-4-10(9)16-6-11(17)12(14)15/h2-3,5,10-12,16-17H,1,4,6H2. The second kappa shape index (κ2) is 5.42. The van der Waals surface area contributed by atoms with Gasteiger partial charge in [-0.05, 0) is 36.1 Å². The van der Waals surface area contributed by atoms with Crippen LogP contribution in [0.3, 0.4) is 0 Å². The van der Waals surface area contributed by atoms with E-state index in [0.717, 1.165) is 22.9 Å². The van der Waals surface area contributed by atoms with Gasteiger partial charge in [-0.3, -0.25) is 0 Å². The van der Waals surface area contributed by atoms with Crippen LogP contribution in [0.2, 0.25) is 0 Å². The van der Waals surface area contributed by atoms with E-state index >= 15 is 0 Å². The Bertz CT molecular complexity index is 400. The molecule has 0 aliphatic heterocycles. The van der Waals surface area contributed by atoms with E-state index in [9.17, 15) is 8.78 Å². The highest BCUT2D eigenvalue weighted by Gasteiger charge is 2.24. The van der Waals surface area contributed by atoms with Crippen molar-refractivity contribution in [1.29, 1.82) is 0 Å². The van der Waals surface area contributed by atoms with Crippen LogP contribution in [-0.2, 0) is 6.42 Å². The second-order valence-electron chi connectivity index (χ2n) is 4.24. The lowest BCUT2D eigenvalue weighted by Gasteiger charge is -2.17. The summed E-state index contributed by atoms with van der Waals surface area (Å²) in [6.07, 6.45) is -2.44. The first-order chi connectivity index (χ1) is 8.08. The Labute approximate surface area is 107 Å². The molecule has 1 aliphatic rings. The molecule has 2 unspecified atom stereocenters. The van der Waals surface area contributed by atoms with E-state index in [1.807, 2.05) is 12.1 Å². The summed E-state index contributed by atoms with van der Waals surface area (Å²) in [4.78, 5) is 0. The van der Waals surface area contributed by atoms with Crippen molar-refractivity contribution in [2.24, 2.45) is 0 Å². The summed E-state index contributed by atoms with van der Waals surface area (Å²) in [7, 11) is 0. The molecule has 0 spiro atoms. The molecule has 17 heavy (non-hydrogen) atoms. The Kier molecular flexibility index (Phi) is 4.12. The summed E-state index contributed by atoms with van der Waals surface area (Å²) >= 11 is 3.41. The summed E-state index contributed by atoms with van der Waals surface area (Å²) in [6.45, 7) is -0.0716. The van der Waals surface area contributed by atoms with Crippen molar-refractivity contribution in [3.8, 4) is 0 Å². The number of alkyl halides is 2. The average molecular weight is 306 g/mol. The number of hydrogen-bond acceptors (Lipinski definition) is 2. The number of aryl methyl sites for hydroxylation is 1. The SMILES string of the molecule is OC(CNC1CCc2cc(Br)ccc21)C(F)F. The van der Waals surface area contributed by atoms with Gasteiger partial charge in [-0.2, -0.15) is 0 Å². The molecular weight excluding hydrogens is 292 g/mol. The molecule has 94 valence electrons. The Hall–Kier alpha value is -0.520. The van der Waals surface area contributed by atoms with Crippen LogP contribution < -0.4 is 5.32 Å². The monoisotopic (exact) mass is 305 g/mol. The van der Waals surface area contributed by atoms with Gasteiger partial charge in [0.1, 0.15) is 6.10 Å². The molecular formula is C12H14BrF2NO. The number of aliphatic hydroxyl groups is 1. The molecule has 2 rings (SSSR count). The predicted octanol–water partition coefficient (Wildman–Crippen LogP) is 2.65. The molecule has 0 amide bonds. The fourth-order valence-electron chi connectivity index (χ4n) is 2.15. The highest BCUT2D eigenvalue weighted by Crippen LogP contribution is 2.32. The lowest BCUT2D eigenvalue weighted by Crippen LogP contribution is -2.33. The smallest absolute Gasteiger partial charge is 0.265 e. The maximum atomic E-state index is 12.2. The Morgan fingerprint density at radius 2 is 2.24 bits per heavy atom. The molecule has 2 N–H and O–H groups in total. The number of halogens is 3. The minimum atomic E-state index is -2.69. The third-order valence-corrected chi connectivity index (χ3v) is 3.54. The van der Waals surface area contributed by atoms with Gasteiger partial charge in [0.15, 0.2) is 0 Å². The van der Waals surface area contributed by atoms with Crippen LogP contribution in [0.1, 0.15) is 23.6 Å². The summed E-state index contributed by atoms with van der Waals surface area (Å²) in [5, 5.41) is 12.1. The molecule has 0 bridgehead atoms. The van der Waals surface area contributed by atoms with Gasteiger partial charge in [-0.25, -0.2) is 8.78 Å². The molecule has 0 radical (unpaired) electrons. The quantitative estimate of drug-likeness (QED) is 0.896. The van der Waals surface area contributed by atoms with Crippen LogP contribution in [0, 0.1) is 0 Å². The largest absolute Gasteiger partial charge is 0.386 e. The number of nitrogens with one attached hydrogen (secondary N) is 1. The topological polar surface area (TPSA) is 32.3 Å². The molecule has 0 saturated heterocycles. The predicted molar refractivity (Wildman–Crippen MR) is 65.2 cm³/mol. The summed E-state index contributed by atoms with van der Waals surface area (Å²) in [6, 6.07) is 6.08. The highest BCUT2D eigenvalue weighted by molar-refractivity contribution is 9.10. The van der Waals surface area contributed by atoms with Crippen LogP contribution in [0.15, 0.2) is 22.7 Å². The first-order valence-electron chi connectivity index (χ1n) is 5.56. The zero-order valence-electron chi connectivity index (χ0n) is 9.17. The zero-order valence-corrected chi connectivity index (χ0v) is 10.8. The lowest BCUT2D eigenvalue weighted by molar-refractivity contribution is -0.00462. The number of rotatable bonds is 4. The molecule has 1 aromatic carbocycles. The van der Waals surface area contributed by atoms with Gasteiger partial charge in [0.05, 0.1) is 0 Å². The Balaban J connectivity index is 1.98. The van der Waals surface area contributed by atoms with Crippen molar-refractivity contribution < 1.29 is 13.9 Å². The molecule has 0 heterocycles. The first-order valence-corrected chi connectivity index (χ1v) is 6.35. The normalized spacial score (nSPS) is 20.6. The third kappa shape index (κ3) is 3.03. The van der Waals surface area contributed by atoms with E-state index in [4.69, 9.17) is 5.11 Å². The van der Waals surface area contributed by atoms with Gasteiger partial charge in [-0.15, -0.1) is 0 Å². The van der Waals surface area contributed by atoms with Gasteiger partial charge < -0.3 is 10.4 Å². The molecule has 0 aromatic heterocycles. The summed E-state index contributed by atoms with van der Waals surface area (Å²) < 4.78 is 25.3. The van der Waals surface area contributed by atoms with E-state index in [-0.39, 0.29) is 12.6 Å². The van der Waals surface area contributed by atoms with Crippen molar-refractivity contribution in [3.63, 3.8) is 0 Å². The molecule has 0 fully saturated rings. The summed E-state index contributed by atoms with van der Waals surface area (Å²) in [5.41, 5.74) is 2.39. The minimum absolute atomic E-state index is 0.0716. The maximum absolute atomic E-state index is 12.2. The average Bonchev–Trinajstić information content (AvgIpc) is 2.67. The Morgan fingerprint density at radius 3 is 2.94 bits per heavy atom. The van der Waals surface area contributed by atoms with Crippen LogP contribution >= 0.6 is 15.9 Å². The van der Waals surface area contributed by atoms with Gasteiger partial charge in [0, 0.05) is 17.1 Å². The molecule has 0 saturated carbocycles. The van der Waals surface area contributed by atoms with Gasteiger partial charge in [0.25, 0.3) is 6.43 Å². The first kappa shape index (κ1) is 12.9. The number of fused-ring (bicyclic) bond motifs is 1. The Morgan fingerprint density at radius 1 is 1.47 bits per heavy atom. The molecule has 5 heteroatoms. The minimum Gasteiger partial charge on any atom is -0.386 e. The van der Waals surface area contributed by atoms with Gasteiger partial charge in [0.2, 0.25) is 0 Å². The van der Waals surface area contributed by atoms with Crippen molar-refractivity contribution in [1.82, 2.24) is 5.32 Å². The van der Waals surface area contributed by atoms with Crippen molar-refractivity contribution >= 4 is 15.9 Å². The number of benzene rings is 1. The third-order valence-electron chi connectivity index (χ3n) is 3.05. The van der Waals surface area contributed by atoms with Crippen LogP contribution in [-0.4, -0.2) is 24.2 Å². The van der Waals surface area contributed by atoms with Crippen molar-refractivity contribution in [2.45, 2.75) is 31.4 Å². The van der Waals surface area contributed by atoms with E-state index < -0.39 is 12.5 Å². The van der Waals surface area contributed by atoms with Crippen LogP contribution in [0.5, 0.6) is 0 Å². The maximum Gasteiger partial charge on any atom is 0.265 e. The summed E-state index contributed by atoms with van der Waals surface area (Å²) in [5.74, 6) is 0. The highest BCUT2D eigenvalue weighted by atomic mass is 79.9. The van der Waals surface area contributed by atoms with Gasteiger partial charge >= 0.3 is 0 Å². The van der Waals surface area contributed by atoms with Crippen LogP contribution in [0.25, 0.3) is 0 Å². The zero-order chi connectivity index (χ0) is 12.4. The fourth-order valence-corrected chi connectivity index (χ4v) is 2.56. The van der Waals surface area contributed by atoms with E-state index in [1.165, 1.54) is 5.56 Å². The van der Waals surface area contributed by atoms with Crippen molar-refractivity contribution in [2.75, 3.05) is 6.54 Å². The molecule has 2 nitrogen and oxygen atoms in total. The molecule has 2 atom stereocenters. The number of hydrogen-bond donors (Lipinski definition) is 2. The molecule has 1 aromatic rings. The second-order valence-corrected chi connectivity index (χ2v) is 5.16. The van der Waals surface area contributed by atoms with E-state index in [2.05, 4.69) is 27.3 Å².